The van der Waals surface area contributed by atoms with Crippen molar-refractivity contribution in [1.82, 2.24) is 9.97 Å². The Balaban J connectivity index is 2.15. The molecule has 0 bridgehead atoms. The summed E-state index contributed by atoms with van der Waals surface area (Å²) in [6, 6.07) is 10.2. The largest absolute Gasteiger partial charge is 0.387 e. The second-order valence-corrected chi connectivity index (χ2v) is 3.72. The fourth-order valence-electron chi connectivity index (χ4n) is 1.39. The van der Waals surface area contributed by atoms with Gasteiger partial charge < -0.3 is 10.7 Å². The van der Waals surface area contributed by atoms with E-state index in [0.717, 1.165) is 12.1 Å². The minimum absolute atomic E-state index is 0.300. The summed E-state index contributed by atoms with van der Waals surface area (Å²) >= 11 is 4.82. The Morgan fingerprint density at radius 1 is 1.33 bits per heavy atom. The molecular formula is C11H11N3S. The smallest absolute Gasteiger partial charge is 0.164 e. The van der Waals surface area contributed by atoms with Gasteiger partial charge in [0, 0.05) is 18.3 Å². The molecule has 0 fully saturated rings. The standard InChI is InChI=1S/C11H11N3S/c12-10(15)11-13-7-9(14-11)6-8-4-2-1-3-5-8/h1-5,7H,6H2,(H2,12,15)(H,13,14). The number of aromatic amines is 1. The molecule has 0 spiro atoms. The number of nitrogens with one attached hydrogen (secondary N) is 1. The quantitative estimate of drug-likeness (QED) is 0.768. The van der Waals surface area contributed by atoms with Gasteiger partial charge in [-0.1, -0.05) is 42.5 Å². The van der Waals surface area contributed by atoms with Crippen LogP contribution in [0.5, 0.6) is 0 Å². The van der Waals surface area contributed by atoms with Crippen LogP contribution >= 0.6 is 12.2 Å². The fourth-order valence-corrected chi connectivity index (χ4v) is 1.49. The van der Waals surface area contributed by atoms with Crippen LogP contribution in [-0.2, 0) is 6.42 Å². The maximum absolute atomic E-state index is 5.46. The molecule has 0 atom stereocenters. The third-order valence-corrected chi connectivity index (χ3v) is 2.29. The maximum Gasteiger partial charge on any atom is 0.164 e. The van der Waals surface area contributed by atoms with Crippen LogP contribution in [0.1, 0.15) is 17.1 Å². The molecule has 0 aliphatic heterocycles. The number of benzene rings is 1. The van der Waals surface area contributed by atoms with Crippen molar-refractivity contribution in [2.75, 3.05) is 0 Å². The Labute approximate surface area is 93.3 Å². The van der Waals surface area contributed by atoms with Crippen molar-refractivity contribution in [3.8, 4) is 0 Å². The van der Waals surface area contributed by atoms with Crippen molar-refractivity contribution in [3.63, 3.8) is 0 Å². The fraction of sp³-hybridized carbons (Fsp3) is 0.0909. The molecule has 0 unspecified atom stereocenters. The molecule has 15 heavy (non-hydrogen) atoms. The van der Waals surface area contributed by atoms with E-state index in [1.54, 1.807) is 6.20 Å². The van der Waals surface area contributed by atoms with E-state index in [1.807, 2.05) is 18.2 Å². The SMILES string of the molecule is NC(=S)c1ncc(Cc2ccccc2)[nH]1. The van der Waals surface area contributed by atoms with Gasteiger partial charge in [0.05, 0.1) is 0 Å². The van der Waals surface area contributed by atoms with Crippen LogP contribution in [-0.4, -0.2) is 15.0 Å². The highest BCUT2D eigenvalue weighted by molar-refractivity contribution is 7.80. The second-order valence-electron chi connectivity index (χ2n) is 3.28. The normalized spacial score (nSPS) is 10.1. The summed E-state index contributed by atoms with van der Waals surface area (Å²) in [6.07, 6.45) is 2.58. The number of nitrogens with two attached hydrogens (primary N) is 1. The van der Waals surface area contributed by atoms with Gasteiger partial charge in [0.2, 0.25) is 0 Å². The maximum atomic E-state index is 5.46. The van der Waals surface area contributed by atoms with Gasteiger partial charge in [0.25, 0.3) is 0 Å². The number of rotatable bonds is 3. The second kappa shape index (κ2) is 4.23. The lowest BCUT2D eigenvalue weighted by Crippen LogP contribution is -2.11. The molecular weight excluding hydrogens is 206 g/mol. The average molecular weight is 217 g/mol. The van der Waals surface area contributed by atoms with Crippen molar-refractivity contribution in [2.24, 2.45) is 5.73 Å². The van der Waals surface area contributed by atoms with Crippen LogP contribution in [0.2, 0.25) is 0 Å². The van der Waals surface area contributed by atoms with Gasteiger partial charge in [0.15, 0.2) is 5.82 Å². The molecule has 0 amide bonds. The van der Waals surface area contributed by atoms with Gasteiger partial charge in [-0.2, -0.15) is 0 Å². The van der Waals surface area contributed by atoms with Crippen molar-refractivity contribution in [1.29, 1.82) is 0 Å². The van der Waals surface area contributed by atoms with Gasteiger partial charge in [-0.25, -0.2) is 4.98 Å². The van der Waals surface area contributed by atoms with Gasteiger partial charge in [-0.15, -0.1) is 0 Å². The molecule has 2 aromatic rings. The highest BCUT2D eigenvalue weighted by Crippen LogP contribution is 2.06. The summed E-state index contributed by atoms with van der Waals surface area (Å²) in [5, 5.41) is 0. The summed E-state index contributed by atoms with van der Waals surface area (Å²) in [7, 11) is 0. The summed E-state index contributed by atoms with van der Waals surface area (Å²) in [5.74, 6) is 0.580. The Kier molecular flexibility index (Phi) is 2.78. The van der Waals surface area contributed by atoms with Gasteiger partial charge in [-0.05, 0) is 5.56 Å². The minimum Gasteiger partial charge on any atom is -0.387 e. The van der Waals surface area contributed by atoms with E-state index >= 15 is 0 Å². The Hall–Kier alpha value is -1.68. The first-order chi connectivity index (χ1) is 7.25. The number of imidazole rings is 1. The predicted molar refractivity (Wildman–Crippen MR) is 63.7 cm³/mol. The van der Waals surface area contributed by atoms with Gasteiger partial charge in [-0.3, -0.25) is 0 Å². The molecule has 0 aliphatic rings. The molecule has 2 rings (SSSR count). The number of hydrogen-bond donors (Lipinski definition) is 2. The molecule has 0 saturated heterocycles. The molecule has 0 aliphatic carbocycles. The summed E-state index contributed by atoms with van der Waals surface area (Å²) in [6.45, 7) is 0. The van der Waals surface area contributed by atoms with E-state index in [-0.39, 0.29) is 0 Å². The van der Waals surface area contributed by atoms with Gasteiger partial charge in [0.1, 0.15) is 4.99 Å². The van der Waals surface area contributed by atoms with Crippen molar-refractivity contribution in [2.45, 2.75) is 6.42 Å². The third-order valence-electron chi connectivity index (χ3n) is 2.10. The van der Waals surface area contributed by atoms with Crippen LogP contribution in [0, 0.1) is 0 Å². The molecule has 3 N–H and O–H groups in total. The number of thiocarbonyl (C=S) groups is 1. The molecule has 0 saturated carbocycles. The number of nitrogens with zero attached hydrogens (tertiary/aromatic N) is 1. The lowest BCUT2D eigenvalue weighted by Gasteiger charge is -1.97. The summed E-state index contributed by atoms with van der Waals surface area (Å²) in [5.41, 5.74) is 7.71. The first kappa shape index (κ1) is 9.86. The number of aromatic nitrogens is 2. The highest BCUT2D eigenvalue weighted by Gasteiger charge is 2.03. The first-order valence-electron chi connectivity index (χ1n) is 4.63. The predicted octanol–water partition coefficient (Wildman–Crippen LogP) is 1.63. The minimum atomic E-state index is 0.300. The van der Waals surface area contributed by atoms with Crippen LogP contribution in [0.4, 0.5) is 0 Å². The van der Waals surface area contributed by atoms with Crippen LogP contribution < -0.4 is 5.73 Å². The van der Waals surface area contributed by atoms with Crippen molar-refractivity contribution in [3.05, 3.63) is 53.6 Å². The zero-order valence-electron chi connectivity index (χ0n) is 8.10. The van der Waals surface area contributed by atoms with Crippen LogP contribution in [0.15, 0.2) is 36.5 Å². The molecule has 76 valence electrons. The molecule has 4 heteroatoms. The molecule has 0 radical (unpaired) electrons. The van der Waals surface area contributed by atoms with Crippen LogP contribution in [0.25, 0.3) is 0 Å². The van der Waals surface area contributed by atoms with E-state index in [0.29, 0.717) is 10.8 Å². The lowest BCUT2D eigenvalue weighted by molar-refractivity contribution is 1.10. The molecule has 1 aromatic heterocycles. The molecule has 1 heterocycles. The Bertz CT molecular complexity index is 462. The summed E-state index contributed by atoms with van der Waals surface area (Å²) < 4.78 is 0. The Morgan fingerprint density at radius 2 is 2.07 bits per heavy atom. The zero-order valence-corrected chi connectivity index (χ0v) is 8.92. The van der Waals surface area contributed by atoms with Crippen molar-refractivity contribution >= 4 is 17.2 Å². The Morgan fingerprint density at radius 3 is 2.67 bits per heavy atom. The average Bonchev–Trinajstić information content (AvgIpc) is 2.68. The highest BCUT2D eigenvalue weighted by atomic mass is 32.1. The molecule has 1 aromatic carbocycles. The van der Waals surface area contributed by atoms with E-state index in [4.69, 9.17) is 18.0 Å². The van der Waals surface area contributed by atoms with E-state index in [1.165, 1.54) is 5.56 Å². The van der Waals surface area contributed by atoms with E-state index in [2.05, 4.69) is 22.1 Å². The van der Waals surface area contributed by atoms with Gasteiger partial charge >= 0.3 is 0 Å². The zero-order chi connectivity index (χ0) is 10.7. The third kappa shape index (κ3) is 2.41. The molecule has 3 nitrogen and oxygen atoms in total. The monoisotopic (exact) mass is 217 g/mol. The number of hydrogen-bond acceptors (Lipinski definition) is 2. The summed E-state index contributed by atoms with van der Waals surface area (Å²) in [4.78, 5) is 7.47. The first-order valence-corrected chi connectivity index (χ1v) is 5.04. The van der Waals surface area contributed by atoms with Crippen molar-refractivity contribution < 1.29 is 0 Å². The number of H-pyrrole nitrogens is 1. The van der Waals surface area contributed by atoms with E-state index in [9.17, 15) is 0 Å². The lowest BCUT2D eigenvalue weighted by atomic mass is 10.1. The van der Waals surface area contributed by atoms with Crippen LogP contribution in [0.3, 0.4) is 0 Å². The topological polar surface area (TPSA) is 54.7 Å². The van der Waals surface area contributed by atoms with E-state index < -0.39 is 0 Å².